The number of Topliss-reactive ketones (excluding diaryl/α,β-unsaturated/α-hetero) is 1. The molecular weight excluding hydrogens is 737 g/mol. The maximum absolute atomic E-state index is 12.6. The number of ether oxygens (including phenoxy) is 1. The average molecular weight is 779 g/mol. The van der Waals surface area contributed by atoms with Crippen LogP contribution in [0, 0.1) is 0 Å². The van der Waals surface area contributed by atoms with Gasteiger partial charge < -0.3 is 21.3 Å². The normalized spacial score (nSPS) is 11.8. The summed E-state index contributed by atoms with van der Waals surface area (Å²) in [6.45, 7) is 3.40. The predicted molar refractivity (Wildman–Crippen MR) is 204 cm³/mol. The Balaban J connectivity index is 1.57. The number of nitrogens with zero attached hydrogens (tertiary/aromatic N) is 14. The molecule has 0 saturated carbocycles. The Labute approximate surface area is 319 Å². The molecule has 5 N–H and O–H groups in total. The Morgan fingerprint density at radius 1 is 0.833 bits per heavy atom. The molecule has 20 nitrogen and oxygen atoms in total. The molecule has 286 valence electrons. The molecule has 0 saturated heterocycles. The van der Waals surface area contributed by atoms with Gasteiger partial charge >= 0.3 is 5.97 Å². The van der Waals surface area contributed by atoms with Crippen molar-refractivity contribution < 1.29 is 19.4 Å². The summed E-state index contributed by atoms with van der Waals surface area (Å²) in [5, 5.41) is 45.8. The second-order valence-corrected chi connectivity index (χ2v) is 13.0. The number of aryl methyl sites for hydroxylation is 4. The largest absolute Gasteiger partial charge is 0.465 e. The summed E-state index contributed by atoms with van der Waals surface area (Å²) < 4.78 is 10.7. The highest BCUT2D eigenvalue weighted by Gasteiger charge is 2.26. The molecule has 5 heterocycles. The summed E-state index contributed by atoms with van der Waals surface area (Å²) in [6.07, 6.45) is 7.54. The van der Waals surface area contributed by atoms with Gasteiger partial charge in [-0.2, -0.15) is 42.4 Å². The highest BCUT2D eigenvalue weighted by molar-refractivity contribution is 7.98. The third-order valence-electron chi connectivity index (χ3n) is 8.25. The minimum atomic E-state index is -0.706. The van der Waals surface area contributed by atoms with Crippen molar-refractivity contribution in [3.63, 3.8) is 0 Å². The Kier molecular flexibility index (Phi) is 12.9. The zero-order chi connectivity index (χ0) is 39.1. The van der Waals surface area contributed by atoms with Crippen LogP contribution in [0.25, 0.3) is 11.6 Å². The number of unbranched alkanes of at least 4 members (excludes halogenated alkanes) is 2. The van der Waals surface area contributed by atoms with Crippen LogP contribution in [-0.4, -0.2) is 85.9 Å². The van der Waals surface area contributed by atoms with Crippen molar-refractivity contribution >= 4 is 70.8 Å². The fourth-order valence-corrected chi connectivity index (χ4v) is 6.31. The summed E-state index contributed by atoms with van der Waals surface area (Å²) in [7, 11) is 4.54. The zero-order valence-electron chi connectivity index (χ0n) is 30.8. The monoisotopic (exact) mass is 778 g/mol. The standard InChI is InChI=1S/C32H42N16O4S2/c1-7-9-11-17-25(37-39-29-23(32(51)52-5)19(15-53)41-45(29)3)27(33)47(42-17)21-13-22(36-16-35-21)48-28(34)26(18(43-48)12-10-8-2)38-40-30-24(20(50)14-49)31(54-6)44-46(30)4/h13,16,49,53H,7-12,14-15,33-34H2,1-6H3. The van der Waals surface area contributed by atoms with E-state index < -0.39 is 18.4 Å². The number of nitrogen functional groups attached to an aromatic ring is 2. The number of hydrogen-bond acceptors (Lipinski definition) is 18. The second-order valence-electron chi connectivity index (χ2n) is 11.9. The van der Waals surface area contributed by atoms with E-state index in [9.17, 15) is 14.7 Å². The molecular formula is C32H42N16O4S2. The van der Waals surface area contributed by atoms with Crippen molar-refractivity contribution in [2.75, 3.05) is 31.4 Å². The number of azo groups is 2. The number of aliphatic hydroxyl groups is 1. The third-order valence-corrected chi connectivity index (χ3v) is 9.23. The van der Waals surface area contributed by atoms with E-state index in [0.717, 1.165) is 25.7 Å². The van der Waals surface area contributed by atoms with E-state index in [4.69, 9.17) is 26.4 Å². The Morgan fingerprint density at radius 3 is 1.81 bits per heavy atom. The summed E-state index contributed by atoms with van der Waals surface area (Å²) in [5.41, 5.74) is 15.8. The molecule has 0 fully saturated rings. The van der Waals surface area contributed by atoms with E-state index >= 15 is 0 Å². The van der Waals surface area contributed by atoms with Gasteiger partial charge in [-0.05, 0) is 31.9 Å². The molecule has 5 aromatic rings. The number of esters is 1. The number of hydrogen-bond donors (Lipinski definition) is 4. The molecule has 0 spiro atoms. The first-order valence-corrected chi connectivity index (χ1v) is 18.8. The minimum absolute atomic E-state index is 0.140. The molecule has 0 unspecified atom stereocenters. The number of aromatic nitrogens is 10. The first kappa shape index (κ1) is 39.7. The molecule has 5 rings (SSSR count). The van der Waals surface area contributed by atoms with E-state index in [1.165, 1.54) is 43.9 Å². The van der Waals surface area contributed by atoms with Gasteiger partial charge in [0.2, 0.25) is 0 Å². The molecule has 0 amide bonds. The number of carbonyl (C=O) groups excluding carboxylic acids is 2. The predicted octanol–water partition coefficient (Wildman–Crippen LogP) is 5.11. The lowest BCUT2D eigenvalue weighted by molar-refractivity contribution is 0.0600. The van der Waals surface area contributed by atoms with Crippen molar-refractivity contribution in [3.05, 3.63) is 40.6 Å². The molecule has 22 heteroatoms. The lowest BCUT2D eigenvalue weighted by Gasteiger charge is -2.06. The number of carbonyl (C=O) groups is 2. The fraction of sp³-hybridized carbons (Fsp3) is 0.438. The highest BCUT2D eigenvalue weighted by atomic mass is 32.2. The maximum Gasteiger partial charge on any atom is 0.343 e. The first-order valence-electron chi connectivity index (χ1n) is 16.9. The number of aliphatic hydroxyl groups excluding tert-OH is 1. The van der Waals surface area contributed by atoms with Crippen molar-refractivity contribution in [2.24, 2.45) is 34.6 Å². The summed E-state index contributed by atoms with van der Waals surface area (Å²) >= 11 is 5.54. The maximum atomic E-state index is 12.6. The molecule has 0 bridgehead atoms. The summed E-state index contributed by atoms with van der Waals surface area (Å²) in [6, 6.07) is 1.61. The topological polar surface area (TPSA) is 262 Å². The first-order chi connectivity index (χ1) is 26.0. The Bertz CT molecular complexity index is 2070. The number of methoxy groups -OCH3 is 1. The van der Waals surface area contributed by atoms with Crippen LogP contribution in [-0.2, 0) is 37.4 Å². The number of nitrogens with two attached hydrogens (primary N) is 2. The van der Waals surface area contributed by atoms with E-state index in [1.54, 1.807) is 26.4 Å². The Hall–Kier alpha value is -5.48. The molecule has 0 aromatic carbocycles. The van der Waals surface area contributed by atoms with Crippen LogP contribution in [0.2, 0.25) is 0 Å². The summed E-state index contributed by atoms with van der Waals surface area (Å²) in [5.74, 6) is 0.260. The smallest absolute Gasteiger partial charge is 0.343 e. The fourth-order valence-electron chi connectivity index (χ4n) is 5.47. The van der Waals surface area contributed by atoms with Crippen molar-refractivity contribution in [1.82, 2.24) is 49.1 Å². The van der Waals surface area contributed by atoms with Crippen LogP contribution < -0.4 is 11.5 Å². The SMILES string of the molecule is CCCCc1nn(-c2cc(-n3nc(CCCC)c(N=Nc4c(C(=O)CO)c(SC)nn4C)c3N)ncn2)c(N)c1N=Nc1c(C(=O)OC)c(CS)nn1C. The average Bonchev–Trinajstić information content (AvgIpc) is 3.89. The molecule has 0 atom stereocenters. The van der Waals surface area contributed by atoms with Gasteiger partial charge in [0.25, 0.3) is 0 Å². The number of anilines is 2. The van der Waals surface area contributed by atoms with E-state index in [1.807, 2.05) is 0 Å². The van der Waals surface area contributed by atoms with Crippen LogP contribution in [0.15, 0.2) is 37.9 Å². The van der Waals surface area contributed by atoms with Crippen molar-refractivity contribution in [3.8, 4) is 11.6 Å². The van der Waals surface area contributed by atoms with Gasteiger partial charge in [0.15, 0.2) is 52.1 Å². The summed E-state index contributed by atoms with van der Waals surface area (Å²) in [4.78, 5) is 34.1. The number of thioether (sulfide) groups is 1. The van der Waals surface area contributed by atoms with Gasteiger partial charge in [0.05, 0.1) is 24.2 Å². The van der Waals surface area contributed by atoms with E-state index in [0.29, 0.717) is 58.0 Å². The van der Waals surface area contributed by atoms with Crippen LogP contribution in [0.5, 0.6) is 0 Å². The van der Waals surface area contributed by atoms with Crippen molar-refractivity contribution in [2.45, 2.75) is 63.2 Å². The van der Waals surface area contributed by atoms with Crippen LogP contribution >= 0.6 is 24.4 Å². The van der Waals surface area contributed by atoms with Crippen LogP contribution in [0.1, 0.15) is 77.3 Å². The molecule has 5 aromatic heterocycles. The van der Waals surface area contributed by atoms with E-state index in [2.05, 4.69) is 67.1 Å². The minimum Gasteiger partial charge on any atom is -0.465 e. The van der Waals surface area contributed by atoms with Gasteiger partial charge in [-0.3, -0.25) is 4.79 Å². The molecule has 0 radical (unpaired) electrons. The van der Waals surface area contributed by atoms with Gasteiger partial charge in [-0.25, -0.2) is 24.1 Å². The van der Waals surface area contributed by atoms with Gasteiger partial charge in [-0.15, -0.1) is 32.2 Å². The zero-order valence-corrected chi connectivity index (χ0v) is 32.5. The number of rotatable bonds is 17. The van der Waals surface area contributed by atoms with Crippen molar-refractivity contribution in [1.29, 1.82) is 0 Å². The lowest BCUT2D eigenvalue weighted by Crippen LogP contribution is -2.09. The van der Waals surface area contributed by atoms with Crippen LogP contribution in [0.3, 0.4) is 0 Å². The van der Waals surface area contributed by atoms with Gasteiger partial charge in [-0.1, -0.05) is 26.7 Å². The second kappa shape index (κ2) is 17.6. The third kappa shape index (κ3) is 7.89. The molecule has 54 heavy (non-hydrogen) atoms. The van der Waals surface area contributed by atoms with Gasteiger partial charge in [0, 0.05) is 25.9 Å². The molecule has 0 aliphatic rings. The molecule has 0 aliphatic carbocycles. The number of thiol groups is 1. The Morgan fingerprint density at radius 2 is 1.35 bits per heavy atom. The quantitative estimate of drug-likeness (QED) is 0.0315. The van der Waals surface area contributed by atoms with Gasteiger partial charge in [0.1, 0.15) is 29.1 Å². The number of ketones is 1. The van der Waals surface area contributed by atoms with E-state index in [-0.39, 0.29) is 40.2 Å². The molecule has 0 aliphatic heterocycles. The highest BCUT2D eigenvalue weighted by Crippen LogP contribution is 2.36. The van der Waals surface area contributed by atoms with Crippen LogP contribution in [0.4, 0.5) is 34.6 Å². The lowest BCUT2D eigenvalue weighted by atomic mass is 10.2.